The summed E-state index contributed by atoms with van der Waals surface area (Å²) in [6.45, 7) is 0.697. The van der Waals surface area contributed by atoms with Crippen LogP contribution < -0.4 is 4.90 Å². The van der Waals surface area contributed by atoms with Crippen LogP contribution >= 0.6 is 0 Å². The molecule has 0 atom stereocenters. The largest absolute Gasteiger partial charge is 0.305 e. The smallest absolute Gasteiger partial charge is 0.251 e. The number of carbonyl (C=O) groups excluding carboxylic acids is 1. The molecule has 0 saturated heterocycles. The highest BCUT2D eigenvalue weighted by molar-refractivity contribution is 6.03. The zero-order chi connectivity index (χ0) is 8.39. The van der Waals surface area contributed by atoms with Gasteiger partial charge in [-0.1, -0.05) is 24.3 Å². The van der Waals surface area contributed by atoms with Crippen LogP contribution in [0.2, 0.25) is 0 Å². The zero-order valence-corrected chi connectivity index (χ0v) is 6.60. The minimum Gasteiger partial charge on any atom is -0.305 e. The number of hydrogen-bond acceptors (Lipinski definition) is 1. The lowest BCUT2D eigenvalue weighted by atomic mass is 10.3. The summed E-state index contributed by atoms with van der Waals surface area (Å²) in [6, 6.07) is 9.68. The van der Waals surface area contributed by atoms with Crippen LogP contribution in [0.1, 0.15) is 0 Å². The standard InChI is InChI=1S/C10H9NO/c12-10-7-4-8-11(10)9-5-2-1-3-6-9/h1-7H,8H2. The van der Waals surface area contributed by atoms with Gasteiger partial charge in [-0.25, -0.2) is 0 Å². The van der Waals surface area contributed by atoms with Crippen LogP contribution in [-0.4, -0.2) is 12.5 Å². The lowest BCUT2D eigenvalue weighted by Crippen LogP contribution is -2.24. The van der Waals surface area contributed by atoms with Gasteiger partial charge in [0.05, 0.1) is 0 Å². The third-order valence-corrected chi connectivity index (χ3v) is 1.88. The van der Waals surface area contributed by atoms with Gasteiger partial charge in [0.2, 0.25) is 0 Å². The molecule has 2 nitrogen and oxygen atoms in total. The Morgan fingerprint density at radius 2 is 1.92 bits per heavy atom. The van der Waals surface area contributed by atoms with Gasteiger partial charge in [-0.2, -0.15) is 0 Å². The second-order valence-electron chi connectivity index (χ2n) is 2.69. The van der Waals surface area contributed by atoms with Crippen LogP contribution in [0, 0.1) is 0 Å². The molecule has 1 aliphatic rings. The number of nitrogens with zero attached hydrogens (tertiary/aromatic N) is 1. The summed E-state index contributed by atoms with van der Waals surface area (Å²) in [7, 11) is 0. The summed E-state index contributed by atoms with van der Waals surface area (Å²) in [5.74, 6) is 0.0706. The van der Waals surface area contributed by atoms with E-state index in [9.17, 15) is 4.79 Å². The third kappa shape index (κ3) is 1.11. The molecule has 0 fully saturated rings. The average Bonchev–Trinajstić information content (AvgIpc) is 2.53. The van der Waals surface area contributed by atoms with E-state index in [1.165, 1.54) is 0 Å². The van der Waals surface area contributed by atoms with E-state index in [1.54, 1.807) is 11.0 Å². The minimum absolute atomic E-state index is 0.0706. The van der Waals surface area contributed by atoms with Crippen molar-refractivity contribution >= 4 is 11.6 Å². The van der Waals surface area contributed by atoms with Crippen molar-refractivity contribution in [3.8, 4) is 0 Å². The molecule has 1 aliphatic heterocycles. The first-order valence-electron chi connectivity index (χ1n) is 3.91. The highest BCUT2D eigenvalue weighted by atomic mass is 16.2. The Kier molecular flexibility index (Phi) is 1.67. The van der Waals surface area contributed by atoms with Gasteiger partial charge in [-0.3, -0.25) is 4.79 Å². The van der Waals surface area contributed by atoms with Crippen molar-refractivity contribution < 1.29 is 4.79 Å². The molecular weight excluding hydrogens is 150 g/mol. The molecule has 1 heterocycles. The Hall–Kier alpha value is -1.57. The molecule has 0 aliphatic carbocycles. The summed E-state index contributed by atoms with van der Waals surface area (Å²) in [5, 5.41) is 0. The van der Waals surface area contributed by atoms with Crippen molar-refractivity contribution in [1.82, 2.24) is 0 Å². The van der Waals surface area contributed by atoms with Gasteiger partial charge in [0.25, 0.3) is 5.91 Å². The molecule has 0 unspecified atom stereocenters. The van der Waals surface area contributed by atoms with E-state index < -0.39 is 0 Å². The van der Waals surface area contributed by atoms with E-state index in [2.05, 4.69) is 0 Å². The fourth-order valence-corrected chi connectivity index (χ4v) is 1.28. The maximum Gasteiger partial charge on any atom is 0.251 e. The van der Waals surface area contributed by atoms with Gasteiger partial charge in [0.15, 0.2) is 0 Å². The minimum atomic E-state index is 0.0706. The van der Waals surface area contributed by atoms with E-state index in [0.717, 1.165) is 5.69 Å². The molecule has 12 heavy (non-hydrogen) atoms. The summed E-state index contributed by atoms with van der Waals surface area (Å²) < 4.78 is 0. The molecule has 0 aromatic heterocycles. The monoisotopic (exact) mass is 159 g/mol. The van der Waals surface area contributed by atoms with Gasteiger partial charge in [-0.15, -0.1) is 0 Å². The Balaban J connectivity index is 2.27. The van der Waals surface area contributed by atoms with Crippen molar-refractivity contribution in [3.63, 3.8) is 0 Å². The molecule has 2 heteroatoms. The number of benzene rings is 1. The van der Waals surface area contributed by atoms with Crippen molar-refractivity contribution in [2.24, 2.45) is 0 Å². The van der Waals surface area contributed by atoms with Gasteiger partial charge in [-0.05, 0) is 12.1 Å². The van der Waals surface area contributed by atoms with Crippen molar-refractivity contribution in [2.45, 2.75) is 0 Å². The fourth-order valence-electron chi connectivity index (χ4n) is 1.28. The first-order valence-corrected chi connectivity index (χ1v) is 3.91. The summed E-state index contributed by atoms with van der Waals surface area (Å²) in [4.78, 5) is 12.9. The fraction of sp³-hybridized carbons (Fsp3) is 0.100. The van der Waals surface area contributed by atoms with Crippen LogP contribution in [0.15, 0.2) is 42.5 Å². The highest BCUT2D eigenvalue weighted by Gasteiger charge is 2.15. The molecule has 1 aromatic carbocycles. The maximum absolute atomic E-state index is 11.2. The molecule has 0 saturated carbocycles. The quantitative estimate of drug-likeness (QED) is 0.609. The van der Waals surface area contributed by atoms with Crippen LogP contribution in [0.4, 0.5) is 5.69 Å². The number of amides is 1. The number of anilines is 1. The number of carbonyl (C=O) groups is 1. The highest BCUT2D eigenvalue weighted by Crippen LogP contribution is 2.16. The molecule has 0 radical (unpaired) electrons. The van der Waals surface area contributed by atoms with Gasteiger partial charge < -0.3 is 4.90 Å². The van der Waals surface area contributed by atoms with Crippen LogP contribution in [-0.2, 0) is 4.79 Å². The lowest BCUT2D eigenvalue weighted by molar-refractivity contribution is -0.113. The van der Waals surface area contributed by atoms with Crippen LogP contribution in [0.25, 0.3) is 0 Å². The van der Waals surface area contributed by atoms with E-state index in [1.807, 2.05) is 36.4 Å². The Morgan fingerprint density at radius 1 is 1.17 bits per heavy atom. The second-order valence-corrected chi connectivity index (χ2v) is 2.69. The number of para-hydroxylation sites is 1. The average molecular weight is 159 g/mol. The first-order chi connectivity index (χ1) is 5.88. The Morgan fingerprint density at radius 3 is 2.50 bits per heavy atom. The predicted octanol–water partition coefficient (Wildman–Crippen LogP) is 1.59. The maximum atomic E-state index is 11.2. The van der Waals surface area contributed by atoms with Gasteiger partial charge >= 0.3 is 0 Å². The molecule has 0 bridgehead atoms. The second kappa shape index (κ2) is 2.81. The topological polar surface area (TPSA) is 20.3 Å². The van der Waals surface area contributed by atoms with Gasteiger partial charge in [0, 0.05) is 18.3 Å². The Labute approximate surface area is 71.1 Å². The number of rotatable bonds is 1. The summed E-state index contributed by atoms with van der Waals surface area (Å²) >= 11 is 0. The van der Waals surface area contributed by atoms with Crippen LogP contribution in [0.5, 0.6) is 0 Å². The molecular formula is C10H9NO. The predicted molar refractivity (Wildman–Crippen MR) is 47.9 cm³/mol. The molecule has 1 amide bonds. The molecule has 0 N–H and O–H groups in total. The van der Waals surface area contributed by atoms with Crippen molar-refractivity contribution in [2.75, 3.05) is 11.4 Å². The zero-order valence-electron chi connectivity index (χ0n) is 6.60. The molecule has 0 spiro atoms. The lowest BCUT2D eigenvalue weighted by Gasteiger charge is -2.14. The van der Waals surface area contributed by atoms with E-state index in [-0.39, 0.29) is 5.91 Å². The third-order valence-electron chi connectivity index (χ3n) is 1.88. The van der Waals surface area contributed by atoms with Crippen molar-refractivity contribution in [3.05, 3.63) is 42.5 Å². The van der Waals surface area contributed by atoms with E-state index in [4.69, 9.17) is 0 Å². The molecule has 2 rings (SSSR count). The molecule has 1 aromatic rings. The summed E-state index contributed by atoms with van der Waals surface area (Å²) in [6.07, 6.45) is 3.47. The first kappa shape index (κ1) is 7.10. The molecule has 60 valence electrons. The van der Waals surface area contributed by atoms with Gasteiger partial charge in [0.1, 0.15) is 0 Å². The SMILES string of the molecule is O=C1C=CCN1c1ccccc1. The number of hydrogen-bond donors (Lipinski definition) is 0. The normalized spacial score (nSPS) is 15.7. The summed E-state index contributed by atoms with van der Waals surface area (Å²) in [5.41, 5.74) is 0.965. The van der Waals surface area contributed by atoms with E-state index >= 15 is 0 Å². The Bertz CT molecular complexity index is 316. The van der Waals surface area contributed by atoms with Crippen LogP contribution in [0.3, 0.4) is 0 Å². The van der Waals surface area contributed by atoms with Crippen molar-refractivity contribution in [1.29, 1.82) is 0 Å². The van der Waals surface area contributed by atoms with E-state index in [0.29, 0.717) is 6.54 Å².